The maximum atomic E-state index is 11.2. The van der Waals surface area contributed by atoms with Crippen LogP contribution >= 0.6 is 0 Å². The maximum Gasteiger partial charge on any atom is 0.278 e. The maximum absolute atomic E-state index is 11.2. The Morgan fingerprint density at radius 3 is 1.44 bits per heavy atom. The normalized spacial score (nSPS) is 11.6. The van der Waals surface area contributed by atoms with E-state index in [1.54, 1.807) is 48.5 Å². The highest BCUT2D eigenvalue weighted by Crippen LogP contribution is 2.26. The zero-order chi connectivity index (χ0) is 25.1. The standard InChI is InChI=1S/C28H18N4O4/c33-31(34)27-8-2-6-25-23(27)16-14-21(29-25)12-10-19-4-1-5-20(18-19)11-13-22-15-17-24-26(30-22)7-3-9-28(24)32(35)36/h1-18H. The van der Waals surface area contributed by atoms with Gasteiger partial charge in [-0.25, -0.2) is 9.97 Å². The number of nitro benzene ring substituents is 2. The Bertz CT molecular complexity index is 1590. The summed E-state index contributed by atoms with van der Waals surface area (Å²) < 4.78 is 0. The lowest BCUT2D eigenvalue weighted by Gasteiger charge is -2.01. The van der Waals surface area contributed by atoms with E-state index in [1.165, 1.54) is 12.1 Å². The third kappa shape index (κ3) is 4.69. The molecule has 36 heavy (non-hydrogen) atoms. The van der Waals surface area contributed by atoms with Crippen molar-refractivity contribution in [1.82, 2.24) is 9.97 Å². The second-order valence-electron chi connectivity index (χ2n) is 8.01. The van der Waals surface area contributed by atoms with E-state index in [4.69, 9.17) is 0 Å². The van der Waals surface area contributed by atoms with Gasteiger partial charge in [0.25, 0.3) is 11.4 Å². The van der Waals surface area contributed by atoms with Gasteiger partial charge >= 0.3 is 0 Å². The van der Waals surface area contributed by atoms with Crippen LogP contribution in [0.25, 0.3) is 46.1 Å². The number of nitro groups is 2. The van der Waals surface area contributed by atoms with Gasteiger partial charge in [0.2, 0.25) is 0 Å². The second-order valence-corrected chi connectivity index (χ2v) is 8.01. The van der Waals surface area contributed by atoms with Crippen molar-refractivity contribution in [2.45, 2.75) is 0 Å². The van der Waals surface area contributed by atoms with Crippen LogP contribution in [0.4, 0.5) is 11.4 Å². The third-order valence-electron chi connectivity index (χ3n) is 5.66. The lowest BCUT2D eigenvalue weighted by Crippen LogP contribution is -1.91. The predicted molar refractivity (Wildman–Crippen MR) is 141 cm³/mol. The van der Waals surface area contributed by atoms with Crippen LogP contribution in [0.2, 0.25) is 0 Å². The molecular formula is C28H18N4O4. The van der Waals surface area contributed by atoms with Crippen LogP contribution in [-0.4, -0.2) is 19.8 Å². The van der Waals surface area contributed by atoms with Crippen molar-refractivity contribution in [2.75, 3.05) is 0 Å². The summed E-state index contributed by atoms with van der Waals surface area (Å²) in [4.78, 5) is 30.6. The summed E-state index contributed by atoms with van der Waals surface area (Å²) in [5.41, 5.74) is 4.51. The number of hydrogen-bond donors (Lipinski definition) is 0. The van der Waals surface area contributed by atoms with E-state index in [2.05, 4.69) is 9.97 Å². The van der Waals surface area contributed by atoms with Crippen LogP contribution in [-0.2, 0) is 0 Å². The molecule has 0 aliphatic carbocycles. The summed E-state index contributed by atoms with van der Waals surface area (Å²) in [6.45, 7) is 0. The SMILES string of the molecule is O=[N+]([O-])c1cccc2nc(C=Cc3cccc(C=Cc4ccc5c([N+](=O)[O-])cccc5n4)c3)ccc12. The van der Waals surface area contributed by atoms with E-state index in [9.17, 15) is 20.2 Å². The fourth-order valence-electron chi connectivity index (χ4n) is 3.94. The van der Waals surface area contributed by atoms with Crippen molar-refractivity contribution in [3.05, 3.63) is 128 Å². The van der Waals surface area contributed by atoms with Crippen LogP contribution in [0.5, 0.6) is 0 Å². The number of fused-ring (bicyclic) bond motifs is 2. The fourth-order valence-corrected chi connectivity index (χ4v) is 3.94. The minimum Gasteiger partial charge on any atom is -0.258 e. The molecule has 0 atom stereocenters. The van der Waals surface area contributed by atoms with Crippen LogP contribution in [0.3, 0.4) is 0 Å². The summed E-state index contributed by atoms with van der Waals surface area (Å²) in [5.74, 6) is 0. The monoisotopic (exact) mass is 474 g/mol. The molecule has 0 amide bonds. The van der Waals surface area contributed by atoms with Gasteiger partial charge in [-0.1, -0.05) is 42.5 Å². The third-order valence-corrected chi connectivity index (χ3v) is 5.66. The van der Waals surface area contributed by atoms with Crippen molar-refractivity contribution in [2.24, 2.45) is 0 Å². The van der Waals surface area contributed by atoms with E-state index >= 15 is 0 Å². The highest BCUT2D eigenvalue weighted by atomic mass is 16.6. The van der Waals surface area contributed by atoms with Gasteiger partial charge in [-0.15, -0.1) is 0 Å². The molecule has 0 spiro atoms. The van der Waals surface area contributed by atoms with Crippen LogP contribution < -0.4 is 0 Å². The molecule has 0 fully saturated rings. The van der Waals surface area contributed by atoms with Gasteiger partial charge in [-0.3, -0.25) is 20.2 Å². The quantitative estimate of drug-likeness (QED) is 0.195. The van der Waals surface area contributed by atoms with Crippen molar-refractivity contribution in [3.63, 3.8) is 0 Å². The molecule has 0 N–H and O–H groups in total. The predicted octanol–water partition coefficient (Wildman–Crippen LogP) is 6.94. The summed E-state index contributed by atoms with van der Waals surface area (Å²) in [6.07, 6.45) is 7.57. The first kappa shape index (κ1) is 22.5. The molecule has 3 aromatic carbocycles. The van der Waals surface area contributed by atoms with Crippen molar-refractivity contribution >= 4 is 57.5 Å². The smallest absolute Gasteiger partial charge is 0.258 e. The molecule has 2 aromatic heterocycles. The molecule has 0 bridgehead atoms. The van der Waals surface area contributed by atoms with Crippen LogP contribution in [0.15, 0.2) is 84.9 Å². The second kappa shape index (κ2) is 9.55. The van der Waals surface area contributed by atoms with E-state index < -0.39 is 9.85 Å². The number of rotatable bonds is 6. The molecule has 5 rings (SSSR count). The Morgan fingerprint density at radius 1 is 0.556 bits per heavy atom. The number of aromatic nitrogens is 2. The Hall–Kier alpha value is -5.24. The molecular weight excluding hydrogens is 456 g/mol. The van der Waals surface area contributed by atoms with E-state index in [1.807, 2.05) is 48.6 Å². The zero-order valence-electron chi connectivity index (χ0n) is 18.8. The molecule has 0 aliphatic rings. The van der Waals surface area contributed by atoms with Crippen molar-refractivity contribution in [1.29, 1.82) is 0 Å². The Labute approximate surface area is 205 Å². The number of pyridine rings is 2. The van der Waals surface area contributed by atoms with Crippen LogP contribution in [0.1, 0.15) is 22.5 Å². The molecule has 5 aromatic rings. The lowest BCUT2D eigenvalue weighted by atomic mass is 10.1. The molecule has 174 valence electrons. The minimum absolute atomic E-state index is 0.0362. The highest BCUT2D eigenvalue weighted by Gasteiger charge is 2.12. The first-order valence-electron chi connectivity index (χ1n) is 11.0. The first-order chi connectivity index (χ1) is 17.5. The van der Waals surface area contributed by atoms with E-state index in [0.29, 0.717) is 33.2 Å². The Balaban J connectivity index is 1.36. The molecule has 0 saturated heterocycles. The summed E-state index contributed by atoms with van der Waals surface area (Å²) in [7, 11) is 0. The fraction of sp³-hybridized carbons (Fsp3) is 0. The van der Waals surface area contributed by atoms with Gasteiger partial charge in [0.1, 0.15) is 0 Å². The molecule has 0 saturated carbocycles. The Kier molecular flexibility index (Phi) is 5.98. The zero-order valence-corrected chi connectivity index (χ0v) is 18.8. The average Bonchev–Trinajstić information content (AvgIpc) is 2.89. The van der Waals surface area contributed by atoms with E-state index in [0.717, 1.165) is 11.1 Å². The molecule has 0 aliphatic heterocycles. The molecule has 0 unspecified atom stereocenters. The first-order valence-corrected chi connectivity index (χ1v) is 11.0. The summed E-state index contributed by atoms with van der Waals surface area (Å²) in [5, 5.41) is 23.4. The van der Waals surface area contributed by atoms with Crippen LogP contribution in [0, 0.1) is 20.2 Å². The summed E-state index contributed by atoms with van der Waals surface area (Å²) in [6, 6.07) is 24.5. The number of nitrogens with zero attached hydrogens (tertiary/aromatic N) is 4. The van der Waals surface area contributed by atoms with Gasteiger partial charge in [0.15, 0.2) is 0 Å². The molecule has 2 heterocycles. The van der Waals surface area contributed by atoms with E-state index in [-0.39, 0.29) is 11.4 Å². The number of non-ortho nitro benzene ring substituents is 2. The van der Waals surface area contributed by atoms with Gasteiger partial charge in [-0.2, -0.15) is 0 Å². The van der Waals surface area contributed by atoms with Crippen molar-refractivity contribution < 1.29 is 9.85 Å². The minimum atomic E-state index is -0.407. The lowest BCUT2D eigenvalue weighted by molar-refractivity contribution is -0.383. The van der Waals surface area contributed by atoms with Crippen molar-refractivity contribution in [3.8, 4) is 0 Å². The van der Waals surface area contributed by atoms with Gasteiger partial charge < -0.3 is 0 Å². The topological polar surface area (TPSA) is 112 Å². The van der Waals surface area contributed by atoms with Gasteiger partial charge in [0, 0.05) is 12.1 Å². The summed E-state index contributed by atoms with van der Waals surface area (Å²) >= 11 is 0. The average molecular weight is 474 g/mol. The molecule has 0 radical (unpaired) electrons. The number of benzene rings is 3. The van der Waals surface area contributed by atoms with Gasteiger partial charge in [0.05, 0.1) is 43.0 Å². The Morgan fingerprint density at radius 2 is 1.00 bits per heavy atom. The largest absolute Gasteiger partial charge is 0.278 e. The molecule has 8 nitrogen and oxygen atoms in total. The number of hydrogen-bond acceptors (Lipinski definition) is 6. The van der Waals surface area contributed by atoms with Gasteiger partial charge in [-0.05, 0) is 65.7 Å². The molecule has 8 heteroatoms. The highest BCUT2D eigenvalue weighted by molar-refractivity contribution is 5.90.